The van der Waals surface area contributed by atoms with E-state index in [-0.39, 0.29) is 11.7 Å². The van der Waals surface area contributed by atoms with Crippen molar-refractivity contribution in [1.29, 1.82) is 0 Å². The highest BCUT2D eigenvalue weighted by molar-refractivity contribution is 6.07. The highest BCUT2D eigenvalue weighted by Crippen LogP contribution is 2.29. The first-order valence-corrected chi connectivity index (χ1v) is 7.58. The van der Waals surface area contributed by atoms with Crippen LogP contribution in [0.5, 0.6) is 0 Å². The van der Waals surface area contributed by atoms with Gasteiger partial charge in [0.25, 0.3) is 5.91 Å². The minimum Gasteiger partial charge on any atom is -0.308 e. The number of Topliss-reactive ketones (excluding diaryl/α,β-unsaturated/α-hetero) is 1. The summed E-state index contributed by atoms with van der Waals surface area (Å²) in [6, 6.07) is 13.3. The SMILES string of the molecule is CC(=O)c1ccc2c(c1)CCCN2C(=O)c1ccc(C)cc1. The van der Waals surface area contributed by atoms with Crippen LogP contribution in [0, 0.1) is 6.92 Å². The van der Waals surface area contributed by atoms with Gasteiger partial charge in [0.15, 0.2) is 5.78 Å². The van der Waals surface area contributed by atoms with Crippen LogP contribution in [-0.4, -0.2) is 18.2 Å². The van der Waals surface area contributed by atoms with Gasteiger partial charge in [0.2, 0.25) is 0 Å². The summed E-state index contributed by atoms with van der Waals surface area (Å²) in [5.74, 6) is 0.0845. The standard InChI is InChI=1S/C19H19NO2/c1-13-5-7-15(8-6-13)19(22)20-11-3-4-17-12-16(14(2)21)9-10-18(17)20/h5-10,12H,3-4,11H2,1-2H3. The summed E-state index contributed by atoms with van der Waals surface area (Å²) in [7, 11) is 0. The molecule has 3 nitrogen and oxygen atoms in total. The number of hydrogen-bond acceptors (Lipinski definition) is 2. The molecular formula is C19H19NO2. The number of carbonyl (C=O) groups excluding carboxylic acids is 2. The predicted molar refractivity (Wildman–Crippen MR) is 87.6 cm³/mol. The lowest BCUT2D eigenvalue weighted by Crippen LogP contribution is -2.35. The molecule has 0 N–H and O–H groups in total. The third-order valence-electron chi connectivity index (χ3n) is 4.15. The van der Waals surface area contributed by atoms with E-state index < -0.39 is 0 Å². The summed E-state index contributed by atoms with van der Waals surface area (Å²) in [6.07, 6.45) is 1.83. The van der Waals surface area contributed by atoms with Crippen LogP contribution in [0.25, 0.3) is 0 Å². The number of amides is 1. The molecule has 0 aliphatic carbocycles. The van der Waals surface area contributed by atoms with E-state index in [1.54, 1.807) is 6.92 Å². The second-order valence-corrected chi connectivity index (χ2v) is 5.83. The maximum Gasteiger partial charge on any atom is 0.258 e. The molecule has 1 aliphatic heterocycles. The molecule has 3 rings (SSSR count). The van der Waals surface area contributed by atoms with Crippen molar-refractivity contribution in [1.82, 2.24) is 0 Å². The van der Waals surface area contributed by atoms with Gasteiger partial charge < -0.3 is 4.90 Å². The first kappa shape index (κ1) is 14.5. The Balaban J connectivity index is 1.96. The zero-order valence-electron chi connectivity index (χ0n) is 12.9. The fourth-order valence-electron chi connectivity index (χ4n) is 2.88. The van der Waals surface area contributed by atoms with Crippen molar-refractivity contribution in [3.8, 4) is 0 Å². The summed E-state index contributed by atoms with van der Waals surface area (Å²) in [6.45, 7) is 4.30. The van der Waals surface area contributed by atoms with Crippen LogP contribution in [0.15, 0.2) is 42.5 Å². The van der Waals surface area contributed by atoms with Crippen molar-refractivity contribution in [3.05, 3.63) is 64.7 Å². The van der Waals surface area contributed by atoms with Gasteiger partial charge in [-0.15, -0.1) is 0 Å². The molecule has 1 aliphatic rings. The van der Waals surface area contributed by atoms with Crippen LogP contribution in [-0.2, 0) is 6.42 Å². The number of aryl methyl sites for hydroxylation is 2. The fraction of sp³-hybridized carbons (Fsp3) is 0.263. The lowest BCUT2D eigenvalue weighted by Gasteiger charge is -2.30. The van der Waals surface area contributed by atoms with E-state index >= 15 is 0 Å². The summed E-state index contributed by atoms with van der Waals surface area (Å²) < 4.78 is 0. The van der Waals surface area contributed by atoms with E-state index in [1.807, 2.05) is 54.3 Å². The zero-order valence-corrected chi connectivity index (χ0v) is 12.9. The molecule has 3 heteroatoms. The van der Waals surface area contributed by atoms with Gasteiger partial charge in [-0.3, -0.25) is 9.59 Å². The molecule has 1 amide bonds. The van der Waals surface area contributed by atoms with Crippen LogP contribution in [0.4, 0.5) is 5.69 Å². The van der Waals surface area contributed by atoms with Gasteiger partial charge in [0.05, 0.1) is 0 Å². The Morgan fingerprint density at radius 3 is 2.36 bits per heavy atom. The fourth-order valence-corrected chi connectivity index (χ4v) is 2.88. The first-order valence-electron chi connectivity index (χ1n) is 7.58. The zero-order chi connectivity index (χ0) is 15.7. The third kappa shape index (κ3) is 2.67. The number of carbonyl (C=O) groups is 2. The number of benzene rings is 2. The molecule has 1 heterocycles. The maximum atomic E-state index is 12.8. The largest absolute Gasteiger partial charge is 0.308 e. The summed E-state index contributed by atoms with van der Waals surface area (Å²) >= 11 is 0. The molecular weight excluding hydrogens is 274 g/mol. The van der Waals surface area contributed by atoms with Crippen LogP contribution in [0.3, 0.4) is 0 Å². The van der Waals surface area contributed by atoms with Gasteiger partial charge in [0, 0.05) is 23.4 Å². The Bertz CT molecular complexity index is 732. The van der Waals surface area contributed by atoms with E-state index in [2.05, 4.69) is 0 Å². The quantitative estimate of drug-likeness (QED) is 0.790. The summed E-state index contributed by atoms with van der Waals surface area (Å²) in [4.78, 5) is 26.1. The van der Waals surface area contributed by atoms with E-state index in [0.29, 0.717) is 11.1 Å². The Labute approximate surface area is 130 Å². The Kier molecular flexibility index (Phi) is 3.80. The predicted octanol–water partition coefficient (Wildman–Crippen LogP) is 3.79. The number of hydrogen-bond donors (Lipinski definition) is 0. The smallest absolute Gasteiger partial charge is 0.258 e. The van der Waals surface area contributed by atoms with Gasteiger partial charge in [-0.2, -0.15) is 0 Å². The van der Waals surface area contributed by atoms with Gasteiger partial charge in [0.1, 0.15) is 0 Å². The minimum atomic E-state index is 0.0246. The van der Waals surface area contributed by atoms with Crippen molar-refractivity contribution in [2.45, 2.75) is 26.7 Å². The lowest BCUT2D eigenvalue weighted by molar-refractivity contribution is 0.0984. The van der Waals surface area contributed by atoms with Crippen LogP contribution < -0.4 is 4.90 Å². The minimum absolute atomic E-state index is 0.0246. The first-order chi connectivity index (χ1) is 10.6. The van der Waals surface area contributed by atoms with E-state index in [0.717, 1.165) is 36.2 Å². The monoisotopic (exact) mass is 293 g/mol. The average Bonchev–Trinajstić information content (AvgIpc) is 2.53. The molecule has 112 valence electrons. The molecule has 0 radical (unpaired) electrons. The third-order valence-corrected chi connectivity index (χ3v) is 4.15. The highest BCUT2D eigenvalue weighted by atomic mass is 16.2. The second kappa shape index (κ2) is 5.76. The van der Waals surface area contributed by atoms with Crippen molar-refractivity contribution in [2.75, 3.05) is 11.4 Å². The molecule has 0 saturated carbocycles. The van der Waals surface area contributed by atoms with Crippen LogP contribution in [0.2, 0.25) is 0 Å². The Morgan fingerprint density at radius 1 is 1.00 bits per heavy atom. The molecule has 2 aromatic rings. The van der Waals surface area contributed by atoms with Crippen molar-refractivity contribution in [2.24, 2.45) is 0 Å². The highest BCUT2D eigenvalue weighted by Gasteiger charge is 2.24. The molecule has 0 bridgehead atoms. The topological polar surface area (TPSA) is 37.4 Å². The second-order valence-electron chi connectivity index (χ2n) is 5.83. The molecule has 0 atom stereocenters. The van der Waals surface area contributed by atoms with Gasteiger partial charge >= 0.3 is 0 Å². The normalized spacial score (nSPS) is 13.6. The summed E-state index contributed by atoms with van der Waals surface area (Å²) in [5.41, 5.74) is 4.57. The number of rotatable bonds is 2. The molecule has 2 aromatic carbocycles. The van der Waals surface area contributed by atoms with E-state index in [1.165, 1.54) is 0 Å². The van der Waals surface area contributed by atoms with Gasteiger partial charge in [-0.05, 0) is 62.6 Å². The van der Waals surface area contributed by atoms with Crippen LogP contribution in [0.1, 0.15) is 45.2 Å². The van der Waals surface area contributed by atoms with Crippen molar-refractivity contribution >= 4 is 17.4 Å². The Hall–Kier alpha value is -2.42. The molecule has 0 unspecified atom stereocenters. The van der Waals surface area contributed by atoms with Crippen molar-refractivity contribution < 1.29 is 9.59 Å². The number of anilines is 1. The van der Waals surface area contributed by atoms with E-state index in [4.69, 9.17) is 0 Å². The molecule has 0 saturated heterocycles. The lowest BCUT2D eigenvalue weighted by atomic mass is 9.97. The molecule has 0 spiro atoms. The molecule has 22 heavy (non-hydrogen) atoms. The number of nitrogens with zero attached hydrogens (tertiary/aromatic N) is 1. The van der Waals surface area contributed by atoms with Gasteiger partial charge in [-0.1, -0.05) is 17.7 Å². The van der Waals surface area contributed by atoms with E-state index in [9.17, 15) is 9.59 Å². The molecule has 0 fully saturated rings. The average molecular weight is 293 g/mol. The van der Waals surface area contributed by atoms with Crippen molar-refractivity contribution in [3.63, 3.8) is 0 Å². The molecule has 0 aromatic heterocycles. The maximum absolute atomic E-state index is 12.8. The summed E-state index contributed by atoms with van der Waals surface area (Å²) in [5, 5.41) is 0. The number of ketones is 1. The Morgan fingerprint density at radius 2 is 1.68 bits per heavy atom. The number of fused-ring (bicyclic) bond motifs is 1. The van der Waals surface area contributed by atoms with Gasteiger partial charge in [-0.25, -0.2) is 0 Å². The van der Waals surface area contributed by atoms with Crippen LogP contribution >= 0.6 is 0 Å².